The normalized spacial score (nSPS) is 11.0. The number of hydrogen-bond donors (Lipinski definition) is 0. The van der Waals surface area contributed by atoms with Crippen LogP contribution in [0.15, 0.2) is 70.9 Å². The summed E-state index contributed by atoms with van der Waals surface area (Å²) in [6, 6.07) is 14.0. The summed E-state index contributed by atoms with van der Waals surface area (Å²) in [6.07, 6.45) is 3.33. The Hall–Kier alpha value is -3.10. The number of benzene rings is 2. The summed E-state index contributed by atoms with van der Waals surface area (Å²) in [6.45, 7) is 0. The lowest BCUT2D eigenvalue weighted by molar-refractivity contribution is 0.102. The maximum atomic E-state index is 12.9. The molecule has 29 heavy (non-hydrogen) atoms. The van der Waals surface area contributed by atoms with E-state index in [1.54, 1.807) is 72.4 Å². The third kappa shape index (κ3) is 3.76. The van der Waals surface area contributed by atoms with Gasteiger partial charge in [-0.25, -0.2) is 0 Å². The van der Waals surface area contributed by atoms with E-state index >= 15 is 0 Å². The number of hydrogen-bond acceptors (Lipinski definition) is 6. The van der Waals surface area contributed by atoms with Crippen LogP contribution in [0, 0.1) is 0 Å². The van der Waals surface area contributed by atoms with E-state index in [-0.39, 0.29) is 22.7 Å². The van der Waals surface area contributed by atoms with Crippen LogP contribution in [0.2, 0.25) is 5.02 Å². The van der Waals surface area contributed by atoms with Crippen LogP contribution in [-0.2, 0) is 0 Å². The third-order valence-electron chi connectivity index (χ3n) is 4.28. The predicted molar refractivity (Wildman–Crippen MR) is 112 cm³/mol. The molecule has 0 fully saturated rings. The fourth-order valence-electron chi connectivity index (χ4n) is 2.82. The molecule has 0 saturated carbocycles. The van der Waals surface area contributed by atoms with Crippen molar-refractivity contribution in [2.75, 3.05) is 12.9 Å². The minimum Gasteiger partial charge on any atom is -0.497 e. The van der Waals surface area contributed by atoms with Gasteiger partial charge in [0.2, 0.25) is 5.65 Å². The standard InChI is InChI=1S/C20H15ClN4O3S/c1-28-14-6-4-5-13(11-14)24-9-10-25-18(19(24)27)22-23-20(25)29-12-17(26)15-7-2-3-8-16(15)21/h2-11H,12H2,1H3. The van der Waals surface area contributed by atoms with Gasteiger partial charge < -0.3 is 4.74 Å². The van der Waals surface area contributed by atoms with Gasteiger partial charge in [0, 0.05) is 24.0 Å². The number of Topliss-reactive ketones (excluding diaryl/α,β-unsaturated/α-hetero) is 1. The SMILES string of the molecule is COc1cccc(-n2ccn3c(SCC(=O)c4ccccc4Cl)nnc3c2=O)c1. The van der Waals surface area contributed by atoms with Crippen LogP contribution >= 0.6 is 23.4 Å². The Morgan fingerprint density at radius 3 is 2.76 bits per heavy atom. The Morgan fingerprint density at radius 1 is 1.14 bits per heavy atom. The molecule has 0 radical (unpaired) electrons. The zero-order valence-corrected chi connectivity index (χ0v) is 16.9. The molecule has 0 unspecified atom stereocenters. The first-order chi connectivity index (χ1) is 14.1. The van der Waals surface area contributed by atoms with Crippen molar-refractivity contribution in [2.24, 2.45) is 0 Å². The zero-order chi connectivity index (χ0) is 20.4. The van der Waals surface area contributed by atoms with Gasteiger partial charge in [0.05, 0.1) is 23.6 Å². The monoisotopic (exact) mass is 426 g/mol. The molecule has 9 heteroatoms. The molecule has 2 heterocycles. The van der Waals surface area contributed by atoms with E-state index in [4.69, 9.17) is 16.3 Å². The molecule has 4 aromatic rings. The molecule has 7 nitrogen and oxygen atoms in total. The molecule has 0 amide bonds. The second-order valence-corrected chi connectivity index (χ2v) is 7.39. The van der Waals surface area contributed by atoms with E-state index in [2.05, 4.69) is 10.2 Å². The van der Waals surface area contributed by atoms with Crippen molar-refractivity contribution < 1.29 is 9.53 Å². The minimum atomic E-state index is -0.322. The maximum absolute atomic E-state index is 12.9. The number of halogens is 1. The van der Waals surface area contributed by atoms with Crippen molar-refractivity contribution in [3.05, 3.63) is 81.9 Å². The van der Waals surface area contributed by atoms with Crippen LogP contribution in [0.5, 0.6) is 5.75 Å². The maximum Gasteiger partial charge on any atom is 0.300 e. The van der Waals surface area contributed by atoms with E-state index in [9.17, 15) is 9.59 Å². The first kappa shape index (κ1) is 19.2. The number of ether oxygens (including phenoxy) is 1. The molecular formula is C20H15ClN4O3S. The van der Waals surface area contributed by atoms with E-state index < -0.39 is 0 Å². The highest BCUT2D eigenvalue weighted by molar-refractivity contribution is 7.99. The Kier molecular flexibility index (Phi) is 5.37. The highest BCUT2D eigenvalue weighted by Crippen LogP contribution is 2.21. The van der Waals surface area contributed by atoms with Crippen LogP contribution in [0.1, 0.15) is 10.4 Å². The van der Waals surface area contributed by atoms with Crippen molar-refractivity contribution in [3.8, 4) is 11.4 Å². The first-order valence-electron chi connectivity index (χ1n) is 8.60. The second-order valence-electron chi connectivity index (χ2n) is 6.04. The fraction of sp³-hybridized carbons (Fsp3) is 0.100. The summed E-state index contributed by atoms with van der Waals surface area (Å²) < 4.78 is 8.25. The third-order valence-corrected chi connectivity index (χ3v) is 5.55. The molecule has 0 N–H and O–H groups in total. The summed E-state index contributed by atoms with van der Waals surface area (Å²) in [5.41, 5.74) is 0.958. The molecule has 2 aromatic carbocycles. The van der Waals surface area contributed by atoms with Gasteiger partial charge in [-0.05, 0) is 24.3 Å². The number of fused-ring (bicyclic) bond motifs is 1. The second kappa shape index (κ2) is 8.10. The Labute approximate surface area is 174 Å². The number of methoxy groups -OCH3 is 1. The number of aromatic nitrogens is 4. The van der Waals surface area contributed by atoms with Crippen molar-refractivity contribution in [3.63, 3.8) is 0 Å². The van der Waals surface area contributed by atoms with Crippen LogP contribution in [-0.4, -0.2) is 37.8 Å². The number of nitrogens with zero attached hydrogens (tertiary/aromatic N) is 4. The molecule has 2 aromatic heterocycles. The zero-order valence-electron chi connectivity index (χ0n) is 15.3. The molecule has 0 atom stereocenters. The van der Waals surface area contributed by atoms with Crippen molar-refractivity contribution >= 4 is 34.8 Å². The summed E-state index contributed by atoms with van der Waals surface area (Å²) in [7, 11) is 1.57. The number of ketones is 1. The topological polar surface area (TPSA) is 78.5 Å². The van der Waals surface area contributed by atoms with Crippen LogP contribution in [0.25, 0.3) is 11.3 Å². The molecule has 0 aliphatic heterocycles. The number of rotatable bonds is 6. The van der Waals surface area contributed by atoms with E-state index in [0.717, 1.165) is 0 Å². The van der Waals surface area contributed by atoms with E-state index in [1.165, 1.54) is 16.3 Å². The summed E-state index contributed by atoms with van der Waals surface area (Å²) >= 11 is 7.27. The minimum absolute atomic E-state index is 0.123. The lowest BCUT2D eigenvalue weighted by Gasteiger charge is -2.08. The van der Waals surface area contributed by atoms with Crippen LogP contribution in [0.4, 0.5) is 0 Å². The number of carbonyl (C=O) groups is 1. The molecule has 0 saturated heterocycles. The van der Waals surface area contributed by atoms with Crippen molar-refractivity contribution in [1.29, 1.82) is 0 Å². The van der Waals surface area contributed by atoms with Crippen LogP contribution in [0.3, 0.4) is 0 Å². The summed E-state index contributed by atoms with van der Waals surface area (Å²) in [5, 5.41) is 8.93. The number of thioether (sulfide) groups is 1. The largest absolute Gasteiger partial charge is 0.497 e. The van der Waals surface area contributed by atoms with Gasteiger partial charge in [-0.1, -0.05) is 41.6 Å². The Balaban J connectivity index is 1.61. The lowest BCUT2D eigenvalue weighted by atomic mass is 10.1. The lowest BCUT2D eigenvalue weighted by Crippen LogP contribution is -2.20. The quantitative estimate of drug-likeness (QED) is 0.347. The molecule has 0 aliphatic rings. The van der Waals surface area contributed by atoms with Crippen molar-refractivity contribution in [1.82, 2.24) is 19.2 Å². The molecule has 4 rings (SSSR count). The van der Waals surface area contributed by atoms with Crippen molar-refractivity contribution in [2.45, 2.75) is 5.16 Å². The van der Waals surface area contributed by atoms with Gasteiger partial charge >= 0.3 is 5.56 Å². The average molecular weight is 427 g/mol. The highest BCUT2D eigenvalue weighted by Gasteiger charge is 2.15. The summed E-state index contributed by atoms with van der Waals surface area (Å²) in [5.74, 6) is 0.649. The van der Waals surface area contributed by atoms with Gasteiger partial charge in [-0.15, -0.1) is 10.2 Å². The van der Waals surface area contributed by atoms with E-state index in [1.807, 2.05) is 0 Å². The Morgan fingerprint density at radius 2 is 1.97 bits per heavy atom. The molecular weight excluding hydrogens is 412 g/mol. The molecule has 0 bridgehead atoms. The van der Waals surface area contributed by atoms with E-state index in [0.29, 0.717) is 27.2 Å². The Bertz CT molecular complexity index is 1270. The molecule has 146 valence electrons. The predicted octanol–water partition coefficient (Wildman–Crippen LogP) is 3.52. The number of carbonyl (C=O) groups excluding carboxylic acids is 1. The van der Waals surface area contributed by atoms with Crippen LogP contribution < -0.4 is 10.3 Å². The fourth-order valence-corrected chi connectivity index (χ4v) is 3.87. The summed E-state index contributed by atoms with van der Waals surface area (Å²) in [4.78, 5) is 25.3. The van der Waals surface area contributed by atoms with Gasteiger partial charge in [0.25, 0.3) is 0 Å². The van der Waals surface area contributed by atoms with Gasteiger partial charge in [-0.2, -0.15) is 0 Å². The molecule has 0 aliphatic carbocycles. The first-order valence-corrected chi connectivity index (χ1v) is 9.96. The van der Waals surface area contributed by atoms with Gasteiger partial charge in [0.15, 0.2) is 10.9 Å². The molecule has 0 spiro atoms. The smallest absolute Gasteiger partial charge is 0.300 e. The highest BCUT2D eigenvalue weighted by atomic mass is 35.5. The average Bonchev–Trinajstić information content (AvgIpc) is 3.16. The van der Waals surface area contributed by atoms with Gasteiger partial charge in [0.1, 0.15) is 5.75 Å². The van der Waals surface area contributed by atoms with Gasteiger partial charge in [-0.3, -0.25) is 18.6 Å².